The Morgan fingerprint density at radius 3 is 2.44 bits per heavy atom. The number of methoxy groups -OCH3 is 1. The summed E-state index contributed by atoms with van der Waals surface area (Å²) < 4.78 is 42.1. The summed E-state index contributed by atoms with van der Waals surface area (Å²) in [6.07, 6.45) is -4.83. The Hall–Kier alpha value is -1.43. The molecule has 0 radical (unpaired) electrons. The maximum atomic E-state index is 12.5. The van der Waals surface area contributed by atoms with Crippen LogP contribution in [0.2, 0.25) is 5.02 Å². The fraction of sp³-hybridized carbons (Fsp3) is 0.222. The molecule has 88 valence electrons. The molecular formula is C9H6ClF3O3. The minimum absolute atomic E-state index is 0.00331. The highest BCUT2D eigenvalue weighted by molar-refractivity contribution is 6.33. The van der Waals surface area contributed by atoms with Gasteiger partial charge in [-0.05, 0) is 6.07 Å². The summed E-state index contributed by atoms with van der Waals surface area (Å²) in [5.41, 5.74) is -2.06. The Bertz CT molecular complexity index is 429. The van der Waals surface area contributed by atoms with E-state index in [0.717, 1.165) is 13.2 Å². The van der Waals surface area contributed by atoms with Crippen LogP contribution in [0.25, 0.3) is 0 Å². The van der Waals surface area contributed by atoms with Gasteiger partial charge in [0, 0.05) is 5.56 Å². The van der Waals surface area contributed by atoms with Crippen LogP contribution in [0.1, 0.15) is 15.9 Å². The Labute approximate surface area is 93.4 Å². The molecule has 1 N–H and O–H groups in total. The number of halogens is 4. The molecule has 3 nitrogen and oxygen atoms in total. The third-order valence-corrected chi connectivity index (χ3v) is 2.23. The molecular weight excluding hydrogens is 249 g/mol. The van der Waals surface area contributed by atoms with Crippen LogP contribution in [-0.2, 0) is 6.18 Å². The number of aromatic hydroxyl groups is 1. The number of phenols is 1. The van der Waals surface area contributed by atoms with E-state index in [9.17, 15) is 23.1 Å². The molecule has 0 aromatic heterocycles. The van der Waals surface area contributed by atoms with Gasteiger partial charge in [-0.3, -0.25) is 4.79 Å². The van der Waals surface area contributed by atoms with Gasteiger partial charge in [-0.15, -0.1) is 0 Å². The fourth-order valence-corrected chi connectivity index (χ4v) is 1.48. The van der Waals surface area contributed by atoms with Crippen molar-refractivity contribution in [2.75, 3.05) is 7.11 Å². The molecule has 0 bridgehead atoms. The topological polar surface area (TPSA) is 46.5 Å². The number of rotatable bonds is 2. The van der Waals surface area contributed by atoms with Gasteiger partial charge in [0.15, 0.2) is 17.8 Å². The first kappa shape index (κ1) is 12.6. The van der Waals surface area contributed by atoms with E-state index in [2.05, 4.69) is 4.74 Å². The number of carbonyl (C=O) groups excluding carboxylic acids is 1. The minimum Gasteiger partial charge on any atom is -0.503 e. The van der Waals surface area contributed by atoms with E-state index >= 15 is 0 Å². The molecule has 0 aliphatic rings. The summed E-state index contributed by atoms with van der Waals surface area (Å²) in [7, 11) is 1.13. The summed E-state index contributed by atoms with van der Waals surface area (Å²) in [4.78, 5) is 10.5. The van der Waals surface area contributed by atoms with E-state index < -0.39 is 28.1 Å². The first-order chi connectivity index (χ1) is 7.32. The molecule has 16 heavy (non-hydrogen) atoms. The molecule has 0 unspecified atom stereocenters. The minimum atomic E-state index is -4.82. The number of hydrogen-bond donors (Lipinski definition) is 1. The molecule has 0 fully saturated rings. The molecule has 0 aliphatic carbocycles. The Morgan fingerprint density at radius 2 is 2.06 bits per heavy atom. The van der Waals surface area contributed by atoms with Crippen molar-refractivity contribution in [3.05, 3.63) is 22.2 Å². The van der Waals surface area contributed by atoms with Crippen molar-refractivity contribution in [2.45, 2.75) is 6.18 Å². The quantitative estimate of drug-likeness (QED) is 0.826. The standard InChI is InChI=1S/C9H6ClF3O3/c1-16-5-2-4(3-14)6(9(11,12)13)7(10)8(5)15/h2-3,15H,1H3. The number of carbonyl (C=O) groups is 1. The molecule has 0 heterocycles. The van der Waals surface area contributed by atoms with E-state index in [0.29, 0.717) is 0 Å². The Morgan fingerprint density at radius 1 is 1.50 bits per heavy atom. The molecule has 1 aromatic carbocycles. The van der Waals surface area contributed by atoms with E-state index in [-0.39, 0.29) is 12.0 Å². The van der Waals surface area contributed by atoms with Gasteiger partial charge in [-0.2, -0.15) is 13.2 Å². The maximum absolute atomic E-state index is 12.5. The van der Waals surface area contributed by atoms with Crippen LogP contribution in [0.3, 0.4) is 0 Å². The highest BCUT2D eigenvalue weighted by Gasteiger charge is 2.38. The number of aldehydes is 1. The fourth-order valence-electron chi connectivity index (χ4n) is 1.17. The molecule has 0 aliphatic heterocycles. The van der Waals surface area contributed by atoms with Gasteiger partial charge in [0.1, 0.15) is 0 Å². The summed E-state index contributed by atoms with van der Waals surface area (Å²) in [5, 5.41) is 8.34. The zero-order chi connectivity index (χ0) is 12.5. The Balaban J connectivity index is 3.61. The molecule has 0 saturated carbocycles. The van der Waals surface area contributed by atoms with Crippen molar-refractivity contribution >= 4 is 17.9 Å². The van der Waals surface area contributed by atoms with Crippen LogP contribution >= 0.6 is 11.6 Å². The monoisotopic (exact) mass is 254 g/mol. The smallest absolute Gasteiger partial charge is 0.418 e. The zero-order valence-corrected chi connectivity index (χ0v) is 8.69. The van der Waals surface area contributed by atoms with Gasteiger partial charge in [-0.25, -0.2) is 0 Å². The van der Waals surface area contributed by atoms with Crippen LogP contribution in [0.4, 0.5) is 13.2 Å². The normalized spacial score (nSPS) is 11.3. The van der Waals surface area contributed by atoms with Crippen LogP contribution < -0.4 is 4.74 Å². The third-order valence-electron chi connectivity index (χ3n) is 1.87. The van der Waals surface area contributed by atoms with Crippen LogP contribution in [0.5, 0.6) is 11.5 Å². The van der Waals surface area contributed by atoms with Crippen LogP contribution in [0, 0.1) is 0 Å². The first-order valence-corrected chi connectivity index (χ1v) is 4.32. The molecule has 0 atom stereocenters. The highest BCUT2D eigenvalue weighted by Crippen LogP contribution is 2.45. The van der Waals surface area contributed by atoms with Crippen LogP contribution in [-0.4, -0.2) is 18.5 Å². The highest BCUT2D eigenvalue weighted by atomic mass is 35.5. The van der Waals surface area contributed by atoms with Gasteiger partial charge < -0.3 is 9.84 Å². The van der Waals surface area contributed by atoms with Crippen molar-refractivity contribution in [2.24, 2.45) is 0 Å². The van der Waals surface area contributed by atoms with Gasteiger partial charge >= 0.3 is 6.18 Å². The van der Waals surface area contributed by atoms with E-state index in [1.807, 2.05) is 0 Å². The lowest BCUT2D eigenvalue weighted by molar-refractivity contribution is -0.137. The first-order valence-electron chi connectivity index (χ1n) is 3.94. The number of benzene rings is 1. The SMILES string of the molecule is COc1cc(C=O)c(C(F)(F)F)c(Cl)c1O. The molecule has 0 saturated heterocycles. The van der Waals surface area contributed by atoms with Crippen molar-refractivity contribution in [1.82, 2.24) is 0 Å². The second-order valence-electron chi connectivity index (χ2n) is 2.82. The molecule has 1 aromatic rings. The number of hydrogen-bond acceptors (Lipinski definition) is 3. The van der Waals surface area contributed by atoms with Gasteiger partial charge in [0.25, 0.3) is 0 Å². The largest absolute Gasteiger partial charge is 0.503 e. The number of phenolic OH excluding ortho intramolecular Hbond substituents is 1. The molecule has 7 heteroatoms. The van der Waals surface area contributed by atoms with Gasteiger partial charge in [0.2, 0.25) is 0 Å². The average Bonchev–Trinajstić information content (AvgIpc) is 2.19. The lowest BCUT2D eigenvalue weighted by Gasteiger charge is -2.14. The summed E-state index contributed by atoms with van der Waals surface area (Å²) >= 11 is 5.34. The maximum Gasteiger partial charge on any atom is 0.418 e. The lowest BCUT2D eigenvalue weighted by Crippen LogP contribution is -2.10. The molecule has 0 spiro atoms. The Kier molecular flexibility index (Phi) is 3.32. The average molecular weight is 255 g/mol. The number of alkyl halides is 3. The summed E-state index contributed by atoms with van der Waals surface area (Å²) in [6.45, 7) is 0. The zero-order valence-electron chi connectivity index (χ0n) is 7.93. The summed E-state index contributed by atoms with van der Waals surface area (Å²) in [6, 6.07) is 0.775. The third kappa shape index (κ3) is 2.06. The second kappa shape index (κ2) is 4.21. The van der Waals surface area contributed by atoms with Gasteiger partial charge in [0.05, 0.1) is 17.7 Å². The van der Waals surface area contributed by atoms with E-state index in [1.54, 1.807) is 0 Å². The number of ether oxygens (including phenoxy) is 1. The lowest BCUT2D eigenvalue weighted by atomic mass is 10.1. The predicted octanol–water partition coefficient (Wildman–Crippen LogP) is 2.89. The van der Waals surface area contributed by atoms with Crippen molar-refractivity contribution in [3.63, 3.8) is 0 Å². The van der Waals surface area contributed by atoms with E-state index in [1.165, 1.54) is 0 Å². The second-order valence-corrected chi connectivity index (χ2v) is 3.20. The van der Waals surface area contributed by atoms with Gasteiger partial charge in [-0.1, -0.05) is 11.6 Å². The van der Waals surface area contributed by atoms with Crippen LogP contribution in [0.15, 0.2) is 6.07 Å². The van der Waals surface area contributed by atoms with Crippen molar-refractivity contribution in [3.8, 4) is 11.5 Å². The van der Waals surface area contributed by atoms with Crippen molar-refractivity contribution < 1.29 is 27.8 Å². The predicted molar refractivity (Wildman–Crippen MR) is 50.1 cm³/mol. The van der Waals surface area contributed by atoms with E-state index in [4.69, 9.17) is 11.6 Å². The molecule has 0 amide bonds. The van der Waals surface area contributed by atoms with Crippen molar-refractivity contribution in [1.29, 1.82) is 0 Å². The molecule has 1 rings (SSSR count). The summed E-state index contributed by atoms with van der Waals surface area (Å²) in [5.74, 6) is -1.14.